The molecule has 0 atom stereocenters. The molecule has 0 bridgehead atoms. The van der Waals surface area contributed by atoms with Gasteiger partial charge < -0.3 is 10.1 Å². The summed E-state index contributed by atoms with van der Waals surface area (Å²) in [7, 11) is 0. The van der Waals surface area contributed by atoms with Crippen molar-refractivity contribution in [2.75, 3.05) is 18.5 Å². The van der Waals surface area contributed by atoms with Crippen LogP contribution in [0.1, 0.15) is 17.5 Å². The van der Waals surface area contributed by atoms with Crippen LogP contribution in [0.3, 0.4) is 0 Å². The van der Waals surface area contributed by atoms with E-state index in [0.29, 0.717) is 12.1 Å². The minimum Gasteiger partial charge on any atom is -0.372 e. The molecule has 1 amide bonds. The molecule has 0 aromatic heterocycles. The summed E-state index contributed by atoms with van der Waals surface area (Å²) in [4.78, 5) is 11.9. The standard InChI is InChI=1S/C18H18F3NO2/c19-18(20,21)13-24-11-10-17(23)22-16-9-5-4-8-15(16)12-14-6-2-1-3-7-14/h1-9H,10-13H2,(H,22,23). The zero-order valence-corrected chi connectivity index (χ0v) is 13.0. The summed E-state index contributed by atoms with van der Waals surface area (Å²) in [5.74, 6) is -0.377. The first-order valence-electron chi connectivity index (χ1n) is 7.50. The molecule has 0 spiro atoms. The SMILES string of the molecule is O=C(CCOCC(F)(F)F)Nc1ccccc1Cc1ccccc1. The maximum atomic E-state index is 12.0. The number of alkyl halides is 3. The predicted molar refractivity (Wildman–Crippen MR) is 85.8 cm³/mol. The van der Waals surface area contributed by atoms with Crippen LogP contribution in [-0.4, -0.2) is 25.3 Å². The Bertz CT molecular complexity index is 657. The molecule has 0 saturated heterocycles. The van der Waals surface area contributed by atoms with Crippen LogP contribution in [0.25, 0.3) is 0 Å². The van der Waals surface area contributed by atoms with Gasteiger partial charge in [-0.1, -0.05) is 48.5 Å². The van der Waals surface area contributed by atoms with Crippen molar-refractivity contribution in [3.05, 3.63) is 65.7 Å². The van der Waals surface area contributed by atoms with Crippen molar-refractivity contribution < 1.29 is 22.7 Å². The molecule has 0 unspecified atom stereocenters. The summed E-state index contributed by atoms with van der Waals surface area (Å²) in [5, 5.41) is 2.73. The normalized spacial score (nSPS) is 11.3. The van der Waals surface area contributed by atoms with Crippen molar-refractivity contribution >= 4 is 11.6 Å². The number of carbonyl (C=O) groups is 1. The van der Waals surface area contributed by atoms with Gasteiger partial charge in [0.15, 0.2) is 0 Å². The summed E-state index contributed by atoms with van der Waals surface area (Å²) >= 11 is 0. The lowest BCUT2D eigenvalue weighted by Crippen LogP contribution is -2.20. The Hall–Kier alpha value is -2.34. The van der Waals surface area contributed by atoms with Crippen LogP contribution in [-0.2, 0) is 16.0 Å². The molecule has 0 aliphatic rings. The molecule has 0 aliphatic carbocycles. The molecule has 128 valence electrons. The van der Waals surface area contributed by atoms with E-state index in [1.807, 2.05) is 42.5 Å². The Morgan fingerprint density at radius 1 is 1.00 bits per heavy atom. The molecule has 3 nitrogen and oxygen atoms in total. The lowest BCUT2D eigenvalue weighted by Gasteiger charge is -2.12. The second kappa shape index (κ2) is 8.49. The van der Waals surface area contributed by atoms with Crippen molar-refractivity contribution in [3.8, 4) is 0 Å². The van der Waals surface area contributed by atoms with Gasteiger partial charge in [0.25, 0.3) is 0 Å². The fraction of sp³-hybridized carbons (Fsp3) is 0.278. The average Bonchev–Trinajstić information content (AvgIpc) is 2.54. The lowest BCUT2D eigenvalue weighted by molar-refractivity contribution is -0.174. The maximum Gasteiger partial charge on any atom is 0.411 e. The van der Waals surface area contributed by atoms with Gasteiger partial charge in [0, 0.05) is 5.69 Å². The molecule has 0 radical (unpaired) electrons. The van der Waals surface area contributed by atoms with Crippen molar-refractivity contribution in [1.29, 1.82) is 0 Å². The van der Waals surface area contributed by atoms with Crippen molar-refractivity contribution in [3.63, 3.8) is 0 Å². The summed E-state index contributed by atoms with van der Waals surface area (Å²) in [6.45, 7) is -1.61. The van der Waals surface area contributed by atoms with E-state index in [1.165, 1.54) is 0 Å². The van der Waals surface area contributed by atoms with Crippen molar-refractivity contribution in [2.45, 2.75) is 19.0 Å². The summed E-state index contributed by atoms with van der Waals surface area (Å²) in [6.07, 6.45) is -3.85. The fourth-order valence-corrected chi connectivity index (χ4v) is 2.18. The molecule has 0 saturated carbocycles. The molecule has 0 heterocycles. The van der Waals surface area contributed by atoms with E-state index in [1.54, 1.807) is 12.1 Å². The average molecular weight is 337 g/mol. The van der Waals surface area contributed by atoms with E-state index < -0.39 is 12.8 Å². The molecule has 2 aromatic carbocycles. The number of carbonyl (C=O) groups excluding carboxylic acids is 1. The third-order valence-corrected chi connectivity index (χ3v) is 3.27. The lowest BCUT2D eigenvalue weighted by atomic mass is 10.0. The quantitative estimate of drug-likeness (QED) is 0.770. The molecule has 0 fully saturated rings. The smallest absolute Gasteiger partial charge is 0.372 e. The summed E-state index contributed by atoms with van der Waals surface area (Å²) in [5.41, 5.74) is 2.70. The highest BCUT2D eigenvalue weighted by Gasteiger charge is 2.27. The maximum absolute atomic E-state index is 12.0. The van der Waals surface area contributed by atoms with Gasteiger partial charge in [0.1, 0.15) is 6.61 Å². The van der Waals surface area contributed by atoms with Gasteiger partial charge in [-0.25, -0.2) is 0 Å². The molecule has 1 N–H and O–H groups in total. The zero-order chi connectivity index (χ0) is 17.4. The molecule has 2 rings (SSSR count). The fourth-order valence-electron chi connectivity index (χ4n) is 2.18. The van der Waals surface area contributed by atoms with E-state index in [0.717, 1.165) is 11.1 Å². The van der Waals surface area contributed by atoms with Crippen LogP contribution < -0.4 is 5.32 Å². The van der Waals surface area contributed by atoms with Crippen molar-refractivity contribution in [2.24, 2.45) is 0 Å². The third-order valence-electron chi connectivity index (χ3n) is 3.27. The molecular weight excluding hydrogens is 319 g/mol. The number of benzene rings is 2. The Morgan fingerprint density at radius 3 is 2.38 bits per heavy atom. The van der Waals surface area contributed by atoms with Gasteiger partial charge in [-0.05, 0) is 23.6 Å². The topological polar surface area (TPSA) is 38.3 Å². The van der Waals surface area contributed by atoms with Crippen molar-refractivity contribution in [1.82, 2.24) is 0 Å². The van der Waals surface area contributed by atoms with E-state index in [4.69, 9.17) is 0 Å². The highest BCUT2D eigenvalue weighted by molar-refractivity contribution is 5.91. The summed E-state index contributed by atoms with van der Waals surface area (Å²) in [6, 6.07) is 17.1. The number of hydrogen-bond acceptors (Lipinski definition) is 2. The number of ether oxygens (including phenoxy) is 1. The number of hydrogen-bond donors (Lipinski definition) is 1. The monoisotopic (exact) mass is 337 g/mol. The summed E-state index contributed by atoms with van der Waals surface area (Å²) < 4.78 is 40.3. The van der Waals surface area contributed by atoms with Gasteiger partial charge in [-0.15, -0.1) is 0 Å². The predicted octanol–water partition coefficient (Wildman–Crippen LogP) is 4.18. The second-order valence-corrected chi connectivity index (χ2v) is 5.29. The molecular formula is C18H18F3NO2. The Labute approximate surface area is 138 Å². The van der Waals surface area contributed by atoms with Crippen LogP contribution in [0.4, 0.5) is 18.9 Å². The van der Waals surface area contributed by atoms with E-state index in [9.17, 15) is 18.0 Å². The number of halogens is 3. The first-order valence-corrected chi connectivity index (χ1v) is 7.50. The van der Waals surface area contributed by atoms with E-state index in [-0.39, 0.29) is 18.9 Å². The van der Waals surface area contributed by atoms with Crippen LogP contribution in [0.5, 0.6) is 0 Å². The first-order chi connectivity index (χ1) is 11.4. The van der Waals surface area contributed by atoms with E-state index >= 15 is 0 Å². The van der Waals surface area contributed by atoms with Crippen LogP contribution in [0, 0.1) is 0 Å². The van der Waals surface area contributed by atoms with Gasteiger partial charge in [-0.2, -0.15) is 13.2 Å². The number of amides is 1. The van der Waals surface area contributed by atoms with Crippen LogP contribution in [0.2, 0.25) is 0 Å². The largest absolute Gasteiger partial charge is 0.411 e. The van der Waals surface area contributed by atoms with Gasteiger partial charge in [0.2, 0.25) is 5.91 Å². The van der Waals surface area contributed by atoms with Gasteiger partial charge in [-0.3, -0.25) is 4.79 Å². The first kappa shape index (κ1) is 18.0. The molecule has 0 aliphatic heterocycles. The number of anilines is 1. The number of rotatable bonds is 7. The minimum absolute atomic E-state index is 0.129. The Balaban J connectivity index is 1.89. The highest BCUT2D eigenvalue weighted by Crippen LogP contribution is 2.19. The molecule has 24 heavy (non-hydrogen) atoms. The zero-order valence-electron chi connectivity index (χ0n) is 13.0. The second-order valence-electron chi connectivity index (χ2n) is 5.29. The highest BCUT2D eigenvalue weighted by atomic mass is 19.4. The Morgan fingerprint density at radius 2 is 1.67 bits per heavy atom. The minimum atomic E-state index is -4.38. The molecule has 2 aromatic rings. The number of nitrogens with one attached hydrogen (secondary N) is 1. The van der Waals surface area contributed by atoms with E-state index in [2.05, 4.69) is 10.1 Å². The van der Waals surface area contributed by atoms with Gasteiger partial charge >= 0.3 is 6.18 Å². The molecule has 6 heteroatoms. The van der Waals surface area contributed by atoms with Gasteiger partial charge in [0.05, 0.1) is 13.0 Å². The third kappa shape index (κ3) is 6.42. The van der Waals surface area contributed by atoms with Crippen LogP contribution >= 0.6 is 0 Å². The number of para-hydroxylation sites is 1. The Kier molecular flexibility index (Phi) is 6.37. The van der Waals surface area contributed by atoms with Crippen LogP contribution in [0.15, 0.2) is 54.6 Å².